The van der Waals surface area contributed by atoms with Gasteiger partial charge >= 0.3 is 6.18 Å². The van der Waals surface area contributed by atoms with Gasteiger partial charge in [0.2, 0.25) is 17.7 Å². The van der Waals surface area contributed by atoms with E-state index in [-0.39, 0.29) is 25.0 Å². The van der Waals surface area contributed by atoms with Gasteiger partial charge in [-0.05, 0) is 25.8 Å². The molecule has 15 heteroatoms. The molecule has 3 aromatic heterocycles. The third-order valence-electron chi connectivity index (χ3n) is 5.50. The normalized spacial score (nSPS) is 15.5. The van der Waals surface area contributed by atoms with Crippen molar-refractivity contribution in [1.29, 1.82) is 5.26 Å². The summed E-state index contributed by atoms with van der Waals surface area (Å²) < 4.78 is 50.7. The number of hydrogen-bond acceptors (Lipinski definition) is 11. The van der Waals surface area contributed by atoms with E-state index in [1.165, 1.54) is 0 Å². The third kappa shape index (κ3) is 5.95. The van der Waals surface area contributed by atoms with Gasteiger partial charge in [-0.2, -0.15) is 23.5 Å². The van der Waals surface area contributed by atoms with Crippen LogP contribution in [0.1, 0.15) is 48.7 Å². The lowest BCUT2D eigenvalue weighted by Gasteiger charge is -2.30. The molecule has 1 fully saturated rings. The number of nitrogens with one attached hydrogen (secondary N) is 2. The Labute approximate surface area is 202 Å². The summed E-state index contributed by atoms with van der Waals surface area (Å²) in [6.45, 7) is 2.92. The lowest BCUT2D eigenvalue weighted by Crippen LogP contribution is -2.34. The summed E-state index contributed by atoms with van der Waals surface area (Å²) in [5, 5.41) is 24.9. The standard InChI is InChI=1S/C21H22F3N9O3/c1-12(28-15-9-27-31-18(34)17(15)21(22,23)24)10-35-11-16-30-32-19(36-16)13-3-6-33(7-4-13)20-26-5-2-14(8-25)29-20/h2,5,9,12-13H,3-4,6-7,10-11H2,1H3,(H2,28,31,34). The first-order chi connectivity index (χ1) is 17.2. The second-order valence-corrected chi connectivity index (χ2v) is 8.20. The minimum absolute atomic E-state index is 0.0158. The van der Waals surface area contributed by atoms with Crippen molar-refractivity contribution in [1.82, 2.24) is 30.4 Å². The molecule has 36 heavy (non-hydrogen) atoms. The quantitative estimate of drug-likeness (QED) is 0.462. The molecule has 12 nitrogen and oxygen atoms in total. The van der Waals surface area contributed by atoms with Gasteiger partial charge in [0.1, 0.15) is 23.9 Å². The van der Waals surface area contributed by atoms with Crippen molar-refractivity contribution < 1.29 is 22.3 Å². The average molecular weight is 505 g/mol. The highest BCUT2D eigenvalue weighted by molar-refractivity contribution is 5.50. The number of H-pyrrole nitrogens is 1. The van der Waals surface area contributed by atoms with Gasteiger partial charge in [0, 0.05) is 31.2 Å². The Morgan fingerprint density at radius 1 is 1.36 bits per heavy atom. The largest absolute Gasteiger partial charge is 0.423 e. The summed E-state index contributed by atoms with van der Waals surface area (Å²) in [6, 6.07) is 2.99. The summed E-state index contributed by atoms with van der Waals surface area (Å²) in [5.41, 5.74) is -2.80. The summed E-state index contributed by atoms with van der Waals surface area (Å²) in [7, 11) is 0. The highest BCUT2D eigenvalue weighted by Crippen LogP contribution is 2.32. The van der Waals surface area contributed by atoms with E-state index in [9.17, 15) is 18.0 Å². The number of ether oxygens (including phenoxy) is 1. The number of nitriles is 1. The summed E-state index contributed by atoms with van der Waals surface area (Å²) in [6.07, 6.45) is -0.907. The Kier molecular flexibility index (Phi) is 7.44. The molecule has 0 amide bonds. The van der Waals surface area contributed by atoms with Crippen LogP contribution in [0.15, 0.2) is 27.7 Å². The fraction of sp³-hybridized carbons (Fsp3) is 0.476. The summed E-state index contributed by atoms with van der Waals surface area (Å²) in [4.78, 5) is 22.0. The van der Waals surface area contributed by atoms with Crippen LogP contribution in [-0.2, 0) is 17.5 Å². The topological polar surface area (TPSA) is 159 Å². The van der Waals surface area contributed by atoms with Gasteiger partial charge in [0.05, 0.1) is 18.5 Å². The van der Waals surface area contributed by atoms with Gasteiger partial charge in [-0.25, -0.2) is 15.1 Å². The number of aromatic amines is 1. The first-order valence-electron chi connectivity index (χ1n) is 11.0. The van der Waals surface area contributed by atoms with E-state index in [0.29, 0.717) is 30.6 Å². The molecule has 4 rings (SSSR count). The van der Waals surface area contributed by atoms with Crippen LogP contribution in [0.25, 0.3) is 0 Å². The maximum Gasteiger partial charge on any atom is 0.423 e. The third-order valence-corrected chi connectivity index (χ3v) is 5.50. The maximum absolute atomic E-state index is 13.2. The number of anilines is 2. The van der Waals surface area contributed by atoms with Gasteiger partial charge in [-0.1, -0.05) is 0 Å². The molecule has 1 atom stereocenters. The predicted octanol–water partition coefficient (Wildman–Crippen LogP) is 2.23. The van der Waals surface area contributed by atoms with Gasteiger partial charge in [-0.3, -0.25) is 4.79 Å². The van der Waals surface area contributed by atoms with Gasteiger partial charge in [0.15, 0.2) is 0 Å². The van der Waals surface area contributed by atoms with Crippen molar-refractivity contribution in [3.63, 3.8) is 0 Å². The van der Waals surface area contributed by atoms with E-state index in [1.54, 1.807) is 24.3 Å². The molecule has 0 aromatic carbocycles. The first-order valence-corrected chi connectivity index (χ1v) is 11.0. The molecule has 1 aliphatic rings. The molecule has 1 aliphatic heterocycles. The molecule has 0 spiro atoms. The lowest BCUT2D eigenvalue weighted by atomic mass is 9.97. The molecule has 0 saturated carbocycles. The van der Waals surface area contributed by atoms with E-state index >= 15 is 0 Å². The Morgan fingerprint density at radius 3 is 2.86 bits per heavy atom. The number of rotatable bonds is 8. The SMILES string of the molecule is CC(COCc1nnc(C2CCN(c3nccc(C#N)n3)CC2)o1)Nc1cn[nH]c(=O)c1C(F)(F)F. The van der Waals surface area contributed by atoms with Crippen LogP contribution in [0.5, 0.6) is 0 Å². The fourth-order valence-electron chi connectivity index (χ4n) is 3.80. The van der Waals surface area contributed by atoms with Crippen molar-refractivity contribution in [2.24, 2.45) is 0 Å². The number of hydrogen-bond donors (Lipinski definition) is 2. The number of nitrogens with zero attached hydrogens (tertiary/aromatic N) is 7. The molecular weight excluding hydrogens is 483 g/mol. The van der Waals surface area contributed by atoms with Crippen molar-refractivity contribution in [2.75, 3.05) is 29.9 Å². The van der Waals surface area contributed by atoms with Crippen LogP contribution in [0.2, 0.25) is 0 Å². The number of alkyl halides is 3. The fourth-order valence-corrected chi connectivity index (χ4v) is 3.80. The zero-order chi connectivity index (χ0) is 25.7. The highest BCUT2D eigenvalue weighted by atomic mass is 19.4. The summed E-state index contributed by atoms with van der Waals surface area (Å²) >= 11 is 0. The van der Waals surface area contributed by atoms with Crippen LogP contribution in [-0.4, -0.2) is 56.1 Å². The number of aromatic nitrogens is 6. The second kappa shape index (κ2) is 10.7. The zero-order valence-corrected chi connectivity index (χ0v) is 19.1. The molecule has 0 aliphatic carbocycles. The van der Waals surface area contributed by atoms with E-state index < -0.39 is 29.0 Å². The molecule has 0 radical (unpaired) electrons. The van der Waals surface area contributed by atoms with E-state index in [2.05, 4.69) is 30.6 Å². The van der Waals surface area contributed by atoms with Crippen LogP contribution < -0.4 is 15.8 Å². The smallest absolute Gasteiger partial charge is 0.422 e. The minimum Gasteiger partial charge on any atom is -0.422 e. The average Bonchev–Trinajstić information content (AvgIpc) is 3.32. The highest BCUT2D eigenvalue weighted by Gasteiger charge is 2.37. The van der Waals surface area contributed by atoms with Crippen LogP contribution in [0.4, 0.5) is 24.8 Å². The van der Waals surface area contributed by atoms with Gasteiger partial charge < -0.3 is 19.4 Å². The Bertz CT molecular complexity index is 1280. The van der Waals surface area contributed by atoms with Crippen molar-refractivity contribution in [3.8, 4) is 6.07 Å². The van der Waals surface area contributed by atoms with E-state index in [1.807, 2.05) is 11.0 Å². The summed E-state index contributed by atoms with van der Waals surface area (Å²) in [5.74, 6) is 1.29. The molecular formula is C21H22F3N9O3. The van der Waals surface area contributed by atoms with Gasteiger partial charge in [0.25, 0.3) is 5.56 Å². The van der Waals surface area contributed by atoms with Gasteiger partial charge in [-0.15, -0.1) is 10.2 Å². The van der Waals surface area contributed by atoms with Crippen LogP contribution >= 0.6 is 0 Å². The molecule has 0 bridgehead atoms. The van der Waals surface area contributed by atoms with Crippen molar-refractivity contribution >= 4 is 11.6 Å². The minimum atomic E-state index is -4.83. The Balaban J connectivity index is 1.26. The molecule has 2 N–H and O–H groups in total. The second-order valence-electron chi connectivity index (χ2n) is 8.20. The van der Waals surface area contributed by atoms with Crippen LogP contribution in [0, 0.1) is 11.3 Å². The molecule has 190 valence electrons. The molecule has 4 heterocycles. The maximum atomic E-state index is 13.2. The Hall–Kier alpha value is -4.06. The van der Waals surface area contributed by atoms with Crippen molar-refractivity contribution in [2.45, 2.75) is 44.5 Å². The number of halogens is 3. The predicted molar refractivity (Wildman–Crippen MR) is 118 cm³/mol. The Morgan fingerprint density at radius 2 is 2.14 bits per heavy atom. The lowest BCUT2D eigenvalue weighted by molar-refractivity contribution is -0.138. The van der Waals surface area contributed by atoms with E-state index in [0.717, 1.165) is 19.0 Å². The molecule has 1 unspecified atom stereocenters. The van der Waals surface area contributed by atoms with E-state index in [4.69, 9.17) is 14.4 Å². The van der Waals surface area contributed by atoms with Crippen LogP contribution in [0.3, 0.4) is 0 Å². The molecule has 1 saturated heterocycles. The first kappa shape index (κ1) is 25.0. The van der Waals surface area contributed by atoms with Crippen molar-refractivity contribution in [3.05, 3.63) is 51.9 Å². The monoisotopic (exact) mass is 505 g/mol. The zero-order valence-electron chi connectivity index (χ0n) is 19.1. The molecule has 3 aromatic rings. The number of piperidine rings is 1.